The Labute approximate surface area is 162 Å². The molecule has 1 saturated heterocycles. The maximum absolute atomic E-state index is 13.1. The molecule has 0 N–H and O–H groups in total. The number of amides is 2. The predicted octanol–water partition coefficient (Wildman–Crippen LogP) is 3.46. The van der Waals surface area contributed by atoms with Gasteiger partial charge < -0.3 is 19.0 Å². The summed E-state index contributed by atoms with van der Waals surface area (Å²) >= 11 is 0. The van der Waals surface area contributed by atoms with Crippen molar-refractivity contribution < 1.29 is 18.7 Å². The van der Waals surface area contributed by atoms with Crippen LogP contribution in [0, 0.1) is 5.92 Å². The Hall–Kier alpha value is -1.82. The molecule has 0 radical (unpaired) electrons. The van der Waals surface area contributed by atoms with E-state index in [1.165, 1.54) is 0 Å². The second-order valence-corrected chi connectivity index (χ2v) is 7.87. The number of carbonyl (C=O) groups is 2. The normalized spacial score (nSPS) is 17.9. The largest absolute Gasteiger partial charge is 0.467 e. The molecule has 2 rings (SSSR count). The Kier molecular flexibility index (Phi) is 8.35. The van der Waals surface area contributed by atoms with E-state index in [0.29, 0.717) is 19.5 Å². The minimum Gasteiger partial charge on any atom is -0.467 e. The molecule has 6 nitrogen and oxygen atoms in total. The zero-order valence-electron chi connectivity index (χ0n) is 17.1. The van der Waals surface area contributed by atoms with Gasteiger partial charge in [-0.1, -0.05) is 20.8 Å². The molecule has 1 aliphatic rings. The molecule has 0 spiro atoms. The standard InChI is InChI=1S/C21H34N2O4/c1-5-17(4)23(20(24)12-16(2)3)15-21(25)22(13-18-8-6-10-26-18)14-19-9-7-11-27-19/h6,8,10,16-17,19H,5,7,9,11-15H2,1-4H3/t17-,19+/m1/s1. The molecule has 1 aliphatic heterocycles. The Morgan fingerprint density at radius 3 is 2.59 bits per heavy atom. The van der Waals surface area contributed by atoms with Gasteiger partial charge >= 0.3 is 0 Å². The fraction of sp³-hybridized carbons (Fsp3) is 0.714. The monoisotopic (exact) mass is 378 g/mol. The van der Waals surface area contributed by atoms with Gasteiger partial charge in [-0.15, -0.1) is 0 Å². The number of carbonyl (C=O) groups excluding carboxylic acids is 2. The van der Waals surface area contributed by atoms with Gasteiger partial charge in [-0.2, -0.15) is 0 Å². The molecule has 1 aromatic rings. The smallest absolute Gasteiger partial charge is 0.242 e. The van der Waals surface area contributed by atoms with Crippen LogP contribution in [0.1, 0.15) is 59.1 Å². The molecule has 0 bridgehead atoms. The quantitative estimate of drug-likeness (QED) is 0.625. The molecule has 0 aromatic carbocycles. The third kappa shape index (κ3) is 6.69. The highest BCUT2D eigenvalue weighted by Crippen LogP contribution is 2.17. The van der Waals surface area contributed by atoms with Crippen LogP contribution in [0.5, 0.6) is 0 Å². The van der Waals surface area contributed by atoms with E-state index in [9.17, 15) is 9.59 Å². The van der Waals surface area contributed by atoms with Gasteiger partial charge in [0.1, 0.15) is 12.3 Å². The second kappa shape index (κ2) is 10.5. The van der Waals surface area contributed by atoms with E-state index >= 15 is 0 Å². The molecule has 0 saturated carbocycles. The van der Waals surface area contributed by atoms with Gasteiger partial charge in [0.15, 0.2) is 0 Å². The molecule has 2 heterocycles. The van der Waals surface area contributed by atoms with Gasteiger partial charge in [0, 0.05) is 25.6 Å². The molecule has 2 atom stereocenters. The van der Waals surface area contributed by atoms with Crippen LogP contribution in [-0.4, -0.2) is 53.5 Å². The van der Waals surface area contributed by atoms with Crippen LogP contribution in [-0.2, 0) is 20.9 Å². The van der Waals surface area contributed by atoms with Gasteiger partial charge in [0.2, 0.25) is 11.8 Å². The second-order valence-electron chi connectivity index (χ2n) is 7.87. The van der Waals surface area contributed by atoms with Crippen molar-refractivity contribution in [3.05, 3.63) is 24.2 Å². The molecule has 0 aliphatic carbocycles. The van der Waals surface area contributed by atoms with E-state index < -0.39 is 0 Å². The van der Waals surface area contributed by atoms with Crippen LogP contribution in [0.4, 0.5) is 0 Å². The van der Waals surface area contributed by atoms with Crippen LogP contribution < -0.4 is 0 Å². The number of nitrogens with zero attached hydrogens (tertiary/aromatic N) is 2. The highest BCUT2D eigenvalue weighted by Gasteiger charge is 2.28. The lowest BCUT2D eigenvalue weighted by atomic mass is 10.1. The van der Waals surface area contributed by atoms with Crippen molar-refractivity contribution in [3.8, 4) is 0 Å². The first-order chi connectivity index (χ1) is 12.9. The Balaban J connectivity index is 2.08. The Morgan fingerprint density at radius 1 is 1.26 bits per heavy atom. The molecular weight excluding hydrogens is 344 g/mol. The molecule has 2 amide bonds. The molecule has 0 unspecified atom stereocenters. The Morgan fingerprint density at radius 2 is 2.04 bits per heavy atom. The summed E-state index contributed by atoms with van der Waals surface area (Å²) in [5.74, 6) is 0.997. The summed E-state index contributed by atoms with van der Waals surface area (Å²) in [5, 5.41) is 0. The summed E-state index contributed by atoms with van der Waals surface area (Å²) in [6.45, 7) is 9.88. The van der Waals surface area contributed by atoms with Crippen LogP contribution in [0.25, 0.3) is 0 Å². The van der Waals surface area contributed by atoms with Crippen molar-refractivity contribution in [1.29, 1.82) is 0 Å². The van der Waals surface area contributed by atoms with Crippen LogP contribution in [0.15, 0.2) is 22.8 Å². The molecule has 1 fully saturated rings. The highest BCUT2D eigenvalue weighted by atomic mass is 16.5. The van der Waals surface area contributed by atoms with E-state index in [4.69, 9.17) is 9.15 Å². The first-order valence-corrected chi connectivity index (χ1v) is 10.1. The van der Waals surface area contributed by atoms with Crippen molar-refractivity contribution in [2.75, 3.05) is 19.7 Å². The zero-order chi connectivity index (χ0) is 19.8. The van der Waals surface area contributed by atoms with Crippen molar-refractivity contribution in [2.45, 2.75) is 72.1 Å². The predicted molar refractivity (Wildman–Crippen MR) is 104 cm³/mol. The topological polar surface area (TPSA) is 63.0 Å². The third-order valence-corrected chi connectivity index (χ3v) is 5.06. The van der Waals surface area contributed by atoms with Gasteiger partial charge in [-0.25, -0.2) is 0 Å². The number of hydrogen-bond donors (Lipinski definition) is 0. The van der Waals surface area contributed by atoms with Gasteiger partial charge in [0.05, 0.1) is 18.9 Å². The summed E-state index contributed by atoms with van der Waals surface area (Å²) in [6.07, 6.45) is 4.94. The molecule has 27 heavy (non-hydrogen) atoms. The minimum absolute atomic E-state index is 0.0355. The summed E-state index contributed by atoms with van der Waals surface area (Å²) < 4.78 is 11.2. The molecule has 152 valence electrons. The van der Waals surface area contributed by atoms with E-state index in [1.807, 2.05) is 39.8 Å². The average Bonchev–Trinajstić information content (AvgIpc) is 3.31. The van der Waals surface area contributed by atoms with Gasteiger partial charge in [0.25, 0.3) is 0 Å². The SMILES string of the molecule is CC[C@@H](C)N(CC(=O)N(Cc1ccco1)C[C@@H]1CCCO1)C(=O)CC(C)C. The molecule has 1 aromatic heterocycles. The number of rotatable bonds is 10. The highest BCUT2D eigenvalue weighted by molar-refractivity contribution is 5.85. The fourth-order valence-electron chi connectivity index (χ4n) is 3.30. The zero-order valence-corrected chi connectivity index (χ0v) is 17.1. The number of hydrogen-bond acceptors (Lipinski definition) is 4. The van der Waals surface area contributed by atoms with E-state index in [-0.39, 0.29) is 36.4 Å². The van der Waals surface area contributed by atoms with E-state index in [0.717, 1.165) is 31.6 Å². The average molecular weight is 379 g/mol. The summed E-state index contributed by atoms with van der Waals surface area (Å²) in [6, 6.07) is 3.72. The number of furan rings is 1. The summed E-state index contributed by atoms with van der Waals surface area (Å²) in [7, 11) is 0. The van der Waals surface area contributed by atoms with Gasteiger partial charge in [-0.3, -0.25) is 9.59 Å². The van der Waals surface area contributed by atoms with Crippen LogP contribution >= 0.6 is 0 Å². The van der Waals surface area contributed by atoms with Gasteiger partial charge in [-0.05, 0) is 44.2 Å². The van der Waals surface area contributed by atoms with E-state index in [2.05, 4.69) is 0 Å². The lowest BCUT2D eigenvalue weighted by molar-refractivity contribution is -0.144. The first-order valence-electron chi connectivity index (χ1n) is 10.1. The van der Waals surface area contributed by atoms with Crippen molar-refractivity contribution in [3.63, 3.8) is 0 Å². The maximum Gasteiger partial charge on any atom is 0.242 e. The third-order valence-electron chi connectivity index (χ3n) is 5.06. The Bertz CT molecular complexity index is 579. The summed E-state index contributed by atoms with van der Waals surface area (Å²) in [5.41, 5.74) is 0. The van der Waals surface area contributed by atoms with Crippen LogP contribution in [0.3, 0.4) is 0 Å². The van der Waals surface area contributed by atoms with Crippen LogP contribution in [0.2, 0.25) is 0 Å². The van der Waals surface area contributed by atoms with E-state index in [1.54, 1.807) is 16.1 Å². The first kappa shape index (κ1) is 21.5. The summed E-state index contributed by atoms with van der Waals surface area (Å²) in [4.78, 5) is 29.3. The van der Waals surface area contributed by atoms with Crippen molar-refractivity contribution in [2.24, 2.45) is 5.92 Å². The maximum atomic E-state index is 13.1. The molecule has 6 heteroatoms. The minimum atomic E-state index is -0.0562. The lowest BCUT2D eigenvalue weighted by Gasteiger charge is -2.32. The van der Waals surface area contributed by atoms with Crippen molar-refractivity contribution >= 4 is 11.8 Å². The number of ether oxygens (including phenoxy) is 1. The molecular formula is C21H34N2O4. The van der Waals surface area contributed by atoms with Crippen molar-refractivity contribution in [1.82, 2.24) is 9.80 Å². The lowest BCUT2D eigenvalue weighted by Crippen LogP contribution is -2.48. The fourth-order valence-corrected chi connectivity index (χ4v) is 3.30.